The molecule has 0 aliphatic rings. The Morgan fingerprint density at radius 1 is 1.27 bits per heavy atom. The van der Waals surface area contributed by atoms with Gasteiger partial charge in [-0.05, 0) is 61.4 Å². The minimum atomic E-state index is -1.03. The Morgan fingerprint density at radius 2 is 1.97 bits per heavy atom. The van der Waals surface area contributed by atoms with Gasteiger partial charge in [0.1, 0.15) is 11.6 Å². The molecular weight excluding hydrogens is 450 g/mol. The van der Waals surface area contributed by atoms with E-state index in [2.05, 4.69) is 26.0 Å². The van der Waals surface area contributed by atoms with Crippen molar-refractivity contribution in [1.82, 2.24) is 9.66 Å². The van der Waals surface area contributed by atoms with Gasteiger partial charge >= 0.3 is 5.97 Å². The van der Waals surface area contributed by atoms with Gasteiger partial charge in [0.25, 0.3) is 5.56 Å². The Kier molecular flexibility index (Phi) is 6.66. The van der Waals surface area contributed by atoms with Crippen LogP contribution in [0.15, 0.2) is 56.8 Å². The molecule has 2 aromatic carbocycles. The second kappa shape index (κ2) is 9.21. The summed E-state index contributed by atoms with van der Waals surface area (Å²) in [7, 11) is 0. The van der Waals surface area contributed by atoms with Crippen LogP contribution in [0, 0.1) is 0 Å². The van der Waals surface area contributed by atoms with E-state index in [1.54, 1.807) is 36.5 Å². The third kappa shape index (κ3) is 4.76. The van der Waals surface area contributed by atoms with Crippen LogP contribution >= 0.6 is 15.9 Å². The van der Waals surface area contributed by atoms with Crippen molar-refractivity contribution in [3.8, 4) is 5.75 Å². The van der Waals surface area contributed by atoms with Gasteiger partial charge in [-0.2, -0.15) is 9.78 Å². The number of carboxylic acids is 1. The summed E-state index contributed by atoms with van der Waals surface area (Å²) in [5, 5.41) is 13.8. The van der Waals surface area contributed by atoms with Crippen molar-refractivity contribution in [2.24, 2.45) is 5.10 Å². The predicted octanol–water partition coefficient (Wildman–Crippen LogP) is 4.41. The van der Waals surface area contributed by atoms with Gasteiger partial charge in [0, 0.05) is 10.4 Å². The second-order valence-corrected chi connectivity index (χ2v) is 7.89. The van der Waals surface area contributed by atoms with Gasteiger partial charge in [-0.1, -0.05) is 29.8 Å². The molecule has 0 unspecified atom stereocenters. The Balaban J connectivity index is 1.97. The maximum atomic E-state index is 13.1. The van der Waals surface area contributed by atoms with Gasteiger partial charge in [-0.25, -0.2) is 9.78 Å². The molecule has 0 radical (unpaired) electrons. The fraction of sp³-hybridized carbons (Fsp3) is 0.273. The lowest BCUT2D eigenvalue weighted by atomic mass is 10.1. The third-order valence-corrected chi connectivity index (χ3v) is 5.24. The molecule has 3 rings (SSSR count). The van der Waals surface area contributed by atoms with Crippen LogP contribution in [-0.2, 0) is 4.79 Å². The van der Waals surface area contributed by atoms with E-state index in [1.807, 2.05) is 26.0 Å². The summed E-state index contributed by atoms with van der Waals surface area (Å²) in [5.41, 5.74) is 1.14. The molecule has 0 fully saturated rings. The van der Waals surface area contributed by atoms with E-state index < -0.39 is 12.1 Å². The van der Waals surface area contributed by atoms with Crippen molar-refractivity contribution in [2.45, 2.75) is 39.2 Å². The summed E-state index contributed by atoms with van der Waals surface area (Å²) in [4.78, 5) is 28.7. The lowest BCUT2D eigenvalue weighted by Gasteiger charge is -2.14. The summed E-state index contributed by atoms with van der Waals surface area (Å²) in [6.45, 7) is 5.51. The molecule has 1 aromatic heterocycles. The monoisotopic (exact) mass is 471 g/mol. The SMILES string of the molecule is CC[C@H](C)c1nc2ccc(Br)cc2c(=O)n1N=Cc1ccc(O[C@@H](C)C(=O)O)cc1. The highest BCUT2D eigenvalue weighted by atomic mass is 79.9. The summed E-state index contributed by atoms with van der Waals surface area (Å²) in [6.07, 6.45) is 1.45. The lowest BCUT2D eigenvalue weighted by molar-refractivity contribution is -0.144. The molecule has 0 aliphatic heterocycles. The number of carboxylic acid groups (broad SMARTS) is 1. The summed E-state index contributed by atoms with van der Waals surface area (Å²) in [5.74, 6) is 0.0600. The highest BCUT2D eigenvalue weighted by Gasteiger charge is 2.16. The topological polar surface area (TPSA) is 93.8 Å². The number of hydrogen-bond donors (Lipinski definition) is 1. The largest absolute Gasteiger partial charge is 0.479 e. The van der Waals surface area contributed by atoms with Crippen LogP contribution in [0.3, 0.4) is 0 Å². The number of aromatic nitrogens is 2. The Morgan fingerprint density at radius 3 is 2.60 bits per heavy atom. The van der Waals surface area contributed by atoms with E-state index in [0.717, 1.165) is 16.5 Å². The molecule has 1 N–H and O–H groups in total. The van der Waals surface area contributed by atoms with Gasteiger partial charge in [-0.3, -0.25) is 4.79 Å². The van der Waals surface area contributed by atoms with Gasteiger partial charge in [0.05, 0.1) is 17.1 Å². The highest BCUT2D eigenvalue weighted by molar-refractivity contribution is 9.10. The zero-order valence-electron chi connectivity index (χ0n) is 16.9. The second-order valence-electron chi connectivity index (χ2n) is 6.97. The third-order valence-electron chi connectivity index (χ3n) is 4.75. The van der Waals surface area contributed by atoms with Crippen molar-refractivity contribution in [2.75, 3.05) is 0 Å². The molecule has 0 amide bonds. The van der Waals surface area contributed by atoms with Crippen molar-refractivity contribution in [3.63, 3.8) is 0 Å². The number of hydrogen-bond acceptors (Lipinski definition) is 5. The number of carbonyl (C=O) groups is 1. The molecule has 0 saturated heterocycles. The van der Waals surface area contributed by atoms with Crippen LogP contribution in [-0.4, -0.2) is 33.1 Å². The van der Waals surface area contributed by atoms with E-state index >= 15 is 0 Å². The first-order valence-corrected chi connectivity index (χ1v) is 10.4. The summed E-state index contributed by atoms with van der Waals surface area (Å²) >= 11 is 3.40. The molecule has 0 spiro atoms. The van der Waals surface area contributed by atoms with Crippen LogP contribution in [0.2, 0.25) is 0 Å². The van der Waals surface area contributed by atoms with Crippen molar-refractivity contribution >= 4 is 39.0 Å². The Labute approximate surface area is 182 Å². The van der Waals surface area contributed by atoms with Crippen molar-refractivity contribution in [1.29, 1.82) is 0 Å². The number of benzene rings is 2. The molecule has 0 aliphatic carbocycles. The molecule has 1 heterocycles. The number of aliphatic carboxylic acids is 1. The molecule has 0 bridgehead atoms. The molecule has 3 aromatic rings. The van der Waals surface area contributed by atoms with E-state index in [9.17, 15) is 9.59 Å². The van der Waals surface area contributed by atoms with Gasteiger partial charge in [0.15, 0.2) is 6.10 Å². The first-order chi connectivity index (χ1) is 14.3. The van der Waals surface area contributed by atoms with Crippen LogP contribution in [0.25, 0.3) is 10.9 Å². The molecule has 8 heteroatoms. The minimum absolute atomic E-state index is 0.0520. The molecule has 7 nitrogen and oxygen atoms in total. The number of halogens is 1. The van der Waals surface area contributed by atoms with E-state index in [4.69, 9.17) is 9.84 Å². The van der Waals surface area contributed by atoms with Crippen LogP contribution in [0.1, 0.15) is 44.5 Å². The summed E-state index contributed by atoms with van der Waals surface area (Å²) in [6, 6.07) is 12.2. The number of ether oxygens (including phenoxy) is 1. The molecule has 30 heavy (non-hydrogen) atoms. The van der Waals surface area contributed by atoms with Crippen molar-refractivity contribution in [3.05, 3.63) is 68.7 Å². The van der Waals surface area contributed by atoms with Crippen LogP contribution in [0.4, 0.5) is 0 Å². The standard InChI is InChI=1S/C22H22BrN3O4/c1-4-13(2)20-25-19-10-7-16(23)11-18(19)21(27)26(20)24-12-15-5-8-17(9-6-15)30-14(3)22(28)29/h5-14H,4H2,1-3H3,(H,28,29)/t13-,14-/m0/s1. The number of nitrogens with zero attached hydrogens (tertiary/aromatic N) is 3. The average Bonchev–Trinajstić information content (AvgIpc) is 2.73. The van der Waals surface area contributed by atoms with Gasteiger partial charge in [-0.15, -0.1) is 0 Å². The predicted molar refractivity (Wildman–Crippen MR) is 120 cm³/mol. The number of fused-ring (bicyclic) bond motifs is 1. The normalized spacial score (nSPS) is 13.5. The van der Waals surface area contributed by atoms with Crippen LogP contribution in [0.5, 0.6) is 5.75 Å². The average molecular weight is 472 g/mol. The van der Waals surface area contributed by atoms with E-state index in [1.165, 1.54) is 11.6 Å². The first kappa shape index (κ1) is 21.7. The highest BCUT2D eigenvalue weighted by Crippen LogP contribution is 2.21. The number of rotatable bonds is 7. The van der Waals surface area contributed by atoms with E-state index in [0.29, 0.717) is 22.5 Å². The van der Waals surface area contributed by atoms with Gasteiger partial charge < -0.3 is 9.84 Å². The fourth-order valence-corrected chi connectivity index (χ4v) is 3.15. The molecular formula is C22H22BrN3O4. The zero-order chi connectivity index (χ0) is 21.8. The Bertz CT molecular complexity index is 1160. The van der Waals surface area contributed by atoms with E-state index in [-0.39, 0.29) is 11.5 Å². The maximum Gasteiger partial charge on any atom is 0.344 e. The Hall–Kier alpha value is -3.00. The maximum absolute atomic E-state index is 13.1. The summed E-state index contributed by atoms with van der Waals surface area (Å²) < 4.78 is 7.47. The molecule has 2 atom stereocenters. The van der Waals surface area contributed by atoms with Crippen molar-refractivity contribution < 1.29 is 14.6 Å². The smallest absolute Gasteiger partial charge is 0.344 e. The zero-order valence-corrected chi connectivity index (χ0v) is 18.5. The lowest BCUT2D eigenvalue weighted by Crippen LogP contribution is -2.23. The quantitative estimate of drug-likeness (QED) is 0.515. The van der Waals surface area contributed by atoms with Gasteiger partial charge in [0.2, 0.25) is 0 Å². The first-order valence-electron chi connectivity index (χ1n) is 9.56. The van der Waals surface area contributed by atoms with Crippen LogP contribution < -0.4 is 10.3 Å². The minimum Gasteiger partial charge on any atom is -0.479 e. The molecule has 0 saturated carbocycles. The fourth-order valence-electron chi connectivity index (χ4n) is 2.79. The molecule has 156 valence electrons.